The molecule has 1 heterocycles. The van der Waals surface area contributed by atoms with Gasteiger partial charge in [0.15, 0.2) is 0 Å². The lowest BCUT2D eigenvalue weighted by Gasteiger charge is -2.34. The Labute approximate surface area is 155 Å². The number of benzene rings is 2. The molecule has 1 fully saturated rings. The molecule has 1 amide bonds. The summed E-state index contributed by atoms with van der Waals surface area (Å²) in [4.78, 5) is 16.7. The van der Waals surface area contributed by atoms with Gasteiger partial charge in [-0.25, -0.2) is 5.43 Å². The van der Waals surface area contributed by atoms with Gasteiger partial charge in [0.05, 0.1) is 12.8 Å². The van der Waals surface area contributed by atoms with Crippen molar-refractivity contribution in [3.8, 4) is 0 Å². The van der Waals surface area contributed by atoms with E-state index in [1.807, 2.05) is 37.3 Å². The van der Waals surface area contributed by atoms with E-state index in [9.17, 15) is 4.79 Å². The van der Waals surface area contributed by atoms with Crippen molar-refractivity contribution in [2.75, 3.05) is 32.7 Å². The van der Waals surface area contributed by atoms with E-state index in [0.717, 1.165) is 38.3 Å². The Morgan fingerprint density at radius 3 is 2.50 bits per heavy atom. The van der Waals surface area contributed by atoms with Crippen LogP contribution in [0, 0.1) is 6.92 Å². The van der Waals surface area contributed by atoms with Crippen LogP contribution in [0.1, 0.15) is 16.7 Å². The minimum Gasteiger partial charge on any atom is -0.297 e. The van der Waals surface area contributed by atoms with Gasteiger partial charge in [-0.2, -0.15) is 5.10 Å². The van der Waals surface area contributed by atoms with Crippen molar-refractivity contribution in [2.45, 2.75) is 13.5 Å². The molecule has 2 aromatic carbocycles. The maximum absolute atomic E-state index is 12.1. The second-order valence-corrected chi connectivity index (χ2v) is 6.75. The topological polar surface area (TPSA) is 47.9 Å². The highest BCUT2D eigenvalue weighted by Gasteiger charge is 2.18. The minimum atomic E-state index is -0.0644. The first-order valence-electron chi connectivity index (χ1n) is 9.06. The number of hydrogen-bond donors (Lipinski definition) is 1. The normalized spacial score (nSPS) is 16.0. The van der Waals surface area contributed by atoms with E-state index in [4.69, 9.17) is 0 Å². The molecule has 5 heteroatoms. The Kier molecular flexibility index (Phi) is 6.52. The van der Waals surface area contributed by atoms with Gasteiger partial charge >= 0.3 is 0 Å². The number of amides is 1. The molecule has 0 aliphatic carbocycles. The summed E-state index contributed by atoms with van der Waals surface area (Å²) < 4.78 is 0. The van der Waals surface area contributed by atoms with E-state index >= 15 is 0 Å². The molecule has 0 unspecified atom stereocenters. The van der Waals surface area contributed by atoms with Crippen LogP contribution in [0.5, 0.6) is 0 Å². The average Bonchev–Trinajstić information content (AvgIpc) is 2.64. The van der Waals surface area contributed by atoms with Crippen LogP contribution < -0.4 is 5.43 Å². The number of hydrogen-bond acceptors (Lipinski definition) is 4. The van der Waals surface area contributed by atoms with Crippen molar-refractivity contribution < 1.29 is 4.79 Å². The molecule has 0 saturated carbocycles. The lowest BCUT2D eigenvalue weighted by molar-refractivity contribution is -0.122. The number of aryl methyl sites for hydroxylation is 1. The third kappa shape index (κ3) is 5.79. The van der Waals surface area contributed by atoms with E-state index < -0.39 is 0 Å². The number of carbonyl (C=O) groups is 1. The van der Waals surface area contributed by atoms with Gasteiger partial charge in [0.25, 0.3) is 5.91 Å². The second-order valence-electron chi connectivity index (χ2n) is 6.75. The van der Waals surface area contributed by atoms with E-state index in [-0.39, 0.29) is 5.91 Å². The molecule has 0 bridgehead atoms. The van der Waals surface area contributed by atoms with Crippen LogP contribution >= 0.6 is 0 Å². The lowest BCUT2D eigenvalue weighted by Crippen LogP contribution is -2.48. The summed E-state index contributed by atoms with van der Waals surface area (Å²) in [6, 6.07) is 18.5. The molecule has 0 atom stereocenters. The molecule has 1 aliphatic heterocycles. The zero-order valence-corrected chi connectivity index (χ0v) is 15.3. The molecule has 1 saturated heterocycles. The first-order chi connectivity index (χ1) is 12.7. The van der Waals surface area contributed by atoms with Crippen LogP contribution in [0.4, 0.5) is 0 Å². The van der Waals surface area contributed by atoms with Crippen LogP contribution in [0.2, 0.25) is 0 Å². The summed E-state index contributed by atoms with van der Waals surface area (Å²) in [6.45, 7) is 7.17. The zero-order chi connectivity index (χ0) is 18.2. The molecular formula is C21H26N4O. The van der Waals surface area contributed by atoms with Gasteiger partial charge in [0.1, 0.15) is 0 Å². The van der Waals surface area contributed by atoms with Gasteiger partial charge < -0.3 is 0 Å². The van der Waals surface area contributed by atoms with Crippen LogP contribution in [-0.2, 0) is 11.3 Å². The third-order valence-electron chi connectivity index (χ3n) is 4.53. The van der Waals surface area contributed by atoms with Crippen LogP contribution in [0.15, 0.2) is 59.7 Å². The number of carbonyl (C=O) groups excluding carboxylic acids is 1. The van der Waals surface area contributed by atoms with E-state index in [0.29, 0.717) is 6.54 Å². The molecule has 1 N–H and O–H groups in total. The molecule has 0 radical (unpaired) electrons. The number of hydrazone groups is 1. The van der Waals surface area contributed by atoms with Crippen molar-refractivity contribution in [3.05, 3.63) is 71.3 Å². The van der Waals surface area contributed by atoms with Crippen LogP contribution in [0.25, 0.3) is 0 Å². The van der Waals surface area contributed by atoms with Crippen molar-refractivity contribution in [1.29, 1.82) is 0 Å². The number of rotatable bonds is 6. The smallest absolute Gasteiger partial charge is 0.254 e. The number of nitrogens with zero attached hydrogens (tertiary/aromatic N) is 3. The van der Waals surface area contributed by atoms with E-state index in [2.05, 4.69) is 44.6 Å². The Morgan fingerprint density at radius 1 is 1.04 bits per heavy atom. The summed E-state index contributed by atoms with van der Waals surface area (Å²) in [7, 11) is 0. The Hall–Kier alpha value is -2.50. The van der Waals surface area contributed by atoms with Crippen molar-refractivity contribution in [3.63, 3.8) is 0 Å². The first kappa shape index (κ1) is 18.3. The summed E-state index contributed by atoms with van der Waals surface area (Å²) in [5, 5.41) is 4.06. The predicted molar refractivity (Wildman–Crippen MR) is 105 cm³/mol. The first-order valence-corrected chi connectivity index (χ1v) is 9.06. The highest BCUT2D eigenvalue weighted by molar-refractivity contribution is 5.83. The fourth-order valence-corrected chi connectivity index (χ4v) is 3.11. The maximum atomic E-state index is 12.1. The summed E-state index contributed by atoms with van der Waals surface area (Å²) >= 11 is 0. The van der Waals surface area contributed by atoms with Crippen molar-refractivity contribution >= 4 is 12.1 Å². The van der Waals surface area contributed by atoms with Gasteiger partial charge in [0, 0.05) is 32.7 Å². The van der Waals surface area contributed by atoms with Gasteiger partial charge in [-0.3, -0.25) is 14.6 Å². The summed E-state index contributed by atoms with van der Waals surface area (Å²) in [5.74, 6) is -0.0644. The minimum absolute atomic E-state index is 0.0644. The molecule has 0 aromatic heterocycles. The fourth-order valence-electron chi connectivity index (χ4n) is 3.11. The summed E-state index contributed by atoms with van der Waals surface area (Å²) in [5.41, 5.74) is 6.12. The Morgan fingerprint density at radius 2 is 1.77 bits per heavy atom. The Balaban J connectivity index is 1.38. The van der Waals surface area contributed by atoms with E-state index in [1.165, 1.54) is 11.1 Å². The molecule has 5 nitrogen and oxygen atoms in total. The van der Waals surface area contributed by atoms with Crippen LogP contribution in [-0.4, -0.2) is 54.6 Å². The molecule has 136 valence electrons. The van der Waals surface area contributed by atoms with Crippen molar-refractivity contribution in [1.82, 2.24) is 15.2 Å². The standard InChI is InChI=1S/C21H26N4O/c1-18-6-5-9-20(14-18)15-22-23-21(26)17-25-12-10-24(11-13-25)16-19-7-3-2-4-8-19/h2-9,14-15H,10-13,16-17H2,1H3,(H,23,26). The number of piperazine rings is 1. The highest BCUT2D eigenvalue weighted by Crippen LogP contribution is 2.08. The molecule has 3 rings (SSSR count). The zero-order valence-electron chi connectivity index (χ0n) is 15.3. The van der Waals surface area contributed by atoms with Crippen molar-refractivity contribution in [2.24, 2.45) is 5.10 Å². The highest BCUT2D eigenvalue weighted by atomic mass is 16.2. The van der Waals surface area contributed by atoms with Gasteiger partial charge in [-0.05, 0) is 18.1 Å². The molecule has 1 aliphatic rings. The largest absolute Gasteiger partial charge is 0.297 e. The summed E-state index contributed by atoms with van der Waals surface area (Å²) in [6.07, 6.45) is 1.68. The second kappa shape index (κ2) is 9.27. The average molecular weight is 350 g/mol. The molecule has 26 heavy (non-hydrogen) atoms. The SMILES string of the molecule is Cc1cccc(C=NNC(=O)CN2CCN(Cc3ccccc3)CC2)c1. The lowest BCUT2D eigenvalue weighted by atomic mass is 10.2. The van der Waals surface area contributed by atoms with Gasteiger partial charge in [-0.15, -0.1) is 0 Å². The monoisotopic (exact) mass is 350 g/mol. The molecule has 2 aromatic rings. The van der Waals surface area contributed by atoms with Gasteiger partial charge in [-0.1, -0.05) is 60.2 Å². The Bertz CT molecular complexity index is 737. The molecular weight excluding hydrogens is 324 g/mol. The maximum Gasteiger partial charge on any atom is 0.254 e. The van der Waals surface area contributed by atoms with Gasteiger partial charge in [0.2, 0.25) is 0 Å². The quantitative estimate of drug-likeness (QED) is 0.642. The fraction of sp³-hybridized carbons (Fsp3) is 0.333. The van der Waals surface area contributed by atoms with Crippen LogP contribution in [0.3, 0.4) is 0 Å². The number of nitrogens with one attached hydrogen (secondary N) is 1. The van der Waals surface area contributed by atoms with E-state index in [1.54, 1.807) is 6.21 Å². The molecule has 0 spiro atoms. The third-order valence-corrected chi connectivity index (χ3v) is 4.53. The predicted octanol–water partition coefficient (Wildman–Crippen LogP) is 2.26.